The lowest BCUT2D eigenvalue weighted by Gasteiger charge is -2.24. The molecular weight excluding hydrogens is 265 g/mol. The van der Waals surface area contributed by atoms with Gasteiger partial charge in [-0.1, -0.05) is 0 Å². The molecule has 19 heavy (non-hydrogen) atoms. The summed E-state index contributed by atoms with van der Waals surface area (Å²) in [7, 11) is 0. The van der Waals surface area contributed by atoms with Crippen LogP contribution in [-0.4, -0.2) is 27.9 Å². The van der Waals surface area contributed by atoms with Gasteiger partial charge >= 0.3 is 0 Å². The number of alkyl halides is 1. The van der Waals surface area contributed by atoms with Crippen LogP contribution in [0.5, 0.6) is 0 Å². The van der Waals surface area contributed by atoms with Crippen LogP contribution in [0.1, 0.15) is 26.2 Å². The number of nitrogens with zero attached hydrogens (tertiary/aromatic N) is 2. The molecule has 0 spiro atoms. The van der Waals surface area contributed by atoms with E-state index >= 15 is 0 Å². The first-order chi connectivity index (χ1) is 9.13. The van der Waals surface area contributed by atoms with E-state index in [9.17, 15) is 4.39 Å². The summed E-state index contributed by atoms with van der Waals surface area (Å²) in [5, 5.41) is 0.160. The van der Waals surface area contributed by atoms with Crippen LogP contribution in [0.4, 0.5) is 10.3 Å². The highest BCUT2D eigenvalue weighted by Gasteiger charge is 2.27. The monoisotopic (exact) mass is 281 g/mol. The zero-order chi connectivity index (χ0) is 13.4. The Morgan fingerprint density at radius 3 is 3.21 bits per heavy atom. The van der Waals surface area contributed by atoms with Gasteiger partial charge in [-0.15, -0.1) is 11.6 Å². The van der Waals surface area contributed by atoms with E-state index in [4.69, 9.17) is 11.6 Å². The fourth-order valence-corrected chi connectivity index (χ4v) is 3.04. The van der Waals surface area contributed by atoms with Crippen molar-refractivity contribution in [1.29, 1.82) is 0 Å². The largest absolute Gasteiger partial charge is 0.339 e. The van der Waals surface area contributed by atoms with E-state index in [1.807, 2.05) is 6.92 Å². The van der Waals surface area contributed by atoms with Crippen molar-refractivity contribution in [2.45, 2.75) is 37.6 Å². The number of hydrogen-bond donors (Lipinski definition) is 1. The summed E-state index contributed by atoms with van der Waals surface area (Å²) in [4.78, 5) is 10.0. The maximum atomic E-state index is 13.2. The Bertz CT molecular complexity index is 581. The van der Waals surface area contributed by atoms with Gasteiger partial charge in [0.1, 0.15) is 5.82 Å². The number of benzene rings is 1. The van der Waals surface area contributed by atoms with Crippen molar-refractivity contribution in [3.63, 3.8) is 0 Å². The zero-order valence-corrected chi connectivity index (χ0v) is 11.6. The van der Waals surface area contributed by atoms with Gasteiger partial charge in [-0.2, -0.15) is 0 Å². The van der Waals surface area contributed by atoms with Crippen molar-refractivity contribution < 1.29 is 4.39 Å². The molecule has 3 nitrogen and oxygen atoms in total. The maximum absolute atomic E-state index is 13.2. The molecule has 1 fully saturated rings. The number of H-pyrrole nitrogens is 1. The molecule has 102 valence electrons. The van der Waals surface area contributed by atoms with Crippen molar-refractivity contribution in [3.8, 4) is 0 Å². The molecule has 0 saturated carbocycles. The third-order valence-corrected chi connectivity index (χ3v) is 3.86. The van der Waals surface area contributed by atoms with Gasteiger partial charge in [-0.05, 0) is 44.4 Å². The van der Waals surface area contributed by atoms with Gasteiger partial charge in [0.15, 0.2) is 0 Å². The van der Waals surface area contributed by atoms with Gasteiger partial charge in [0.05, 0.1) is 11.0 Å². The summed E-state index contributed by atoms with van der Waals surface area (Å²) in [5.41, 5.74) is 1.56. The molecule has 3 rings (SSSR count). The minimum atomic E-state index is -0.241. The average molecular weight is 282 g/mol. The number of imidazole rings is 1. The number of halogens is 2. The molecule has 1 aromatic carbocycles. The van der Waals surface area contributed by atoms with Gasteiger partial charge in [0.25, 0.3) is 0 Å². The van der Waals surface area contributed by atoms with Gasteiger partial charge in [-0.25, -0.2) is 9.37 Å². The fourth-order valence-electron chi connectivity index (χ4n) is 2.84. The highest BCUT2D eigenvalue weighted by Crippen LogP contribution is 2.28. The Labute approximate surface area is 116 Å². The van der Waals surface area contributed by atoms with Crippen LogP contribution in [0.3, 0.4) is 0 Å². The third kappa shape index (κ3) is 2.54. The summed E-state index contributed by atoms with van der Waals surface area (Å²) in [6, 6.07) is 5.06. The van der Waals surface area contributed by atoms with Crippen molar-refractivity contribution >= 4 is 28.6 Å². The lowest BCUT2D eigenvalue weighted by atomic mass is 10.1. The summed E-state index contributed by atoms with van der Waals surface area (Å²) in [6.45, 7) is 3.00. The zero-order valence-electron chi connectivity index (χ0n) is 10.9. The third-order valence-electron chi connectivity index (χ3n) is 3.68. The molecule has 0 radical (unpaired) electrons. The summed E-state index contributed by atoms with van der Waals surface area (Å²) in [5.74, 6) is 0.593. The normalized spacial score (nSPS) is 21.2. The number of anilines is 1. The molecule has 2 aromatic rings. The van der Waals surface area contributed by atoms with Gasteiger partial charge < -0.3 is 9.88 Å². The first-order valence-corrected chi connectivity index (χ1v) is 7.13. The predicted octanol–water partition coefficient (Wildman–Crippen LogP) is 3.69. The van der Waals surface area contributed by atoms with E-state index in [2.05, 4.69) is 14.9 Å². The van der Waals surface area contributed by atoms with Crippen molar-refractivity contribution in [2.24, 2.45) is 0 Å². The Balaban J connectivity index is 1.90. The first kappa shape index (κ1) is 12.7. The highest BCUT2D eigenvalue weighted by molar-refractivity contribution is 6.20. The molecule has 0 aliphatic carbocycles. The molecule has 0 amide bonds. The van der Waals surface area contributed by atoms with Crippen molar-refractivity contribution in [3.05, 3.63) is 24.0 Å². The number of rotatable bonds is 3. The maximum Gasteiger partial charge on any atom is 0.204 e. The van der Waals surface area contributed by atoms with Gasteiger partial charge in [-0.3, -0.25) is 0 Å². The minimum absolute atomic E-state index is 0.160. The average Bonchev–Trinajstić information content (AvgIpc) is 2.93. The molecule has 1 N–H and O–H groups in total. The number of fused-ring (bicyclic) bond motifs is 1. The molecule has 2 heterocycles. The van der Waals surface area contributed by atoms with Crippen LogP contribution in [0.25, 0.3) is 11.0 Å². The van der Waals surface area contributed by atoms with Crippen LogP contribution < -0.4 is 4.90 Å². The van der Waals surface area contributed by atoms with Gasteiger partial charge in [0, 0.05) is 18.0 Å². The predicted molar refractivity (Wildman–Crippen MR) is 76.4 cm³/mol. The van der Waals surface area contributed by atoms with Gasteiger partial charge in [0.2, 0.25) is 5.95 Å². The summed E-state index contributed by atoms with van der Waals surface area (Å²) >= 11 is 6.10. The van der Waals surface area contributed by atoms with E-state index in [1.54, 1.807) is 6.07 Å². The molecule has 1 aliphatic heterocycles. The second-order valence-corrected chi connectivity index (χ2v) is 5.97. The molecule has 1 aromatic heterocycles. The molecule has 5 heteroatoms. The van der Waals surface area contributed by atoms with Crippen molar-refractivity contribution in [1.82, 2.24) is 9.97 Å². The quantitative estimate of drug-likeness (QED) is 0.870. The number of nitrogens with one attached hydrogen (secondary N) is 1. The number of hydrogen-bond acceptors (Lipinski definition) is 2. The summed E-state index contributed by atoms with van der Waals surface area (Å²) in [6.07, 6.45) is 3.25. The second-order valence-electron chi connectivity index (χ2n) is 5.23. The Morgan fingerprint density at radius 2 is 2.42 bits per heavy atom. The van der Waals surface area contributed by atoms with Crippen LogP contribution in [0, 0.1) is 5.82 Å². The minimum Gasteiger partial charge on any atom is -0.339 e. The van der Waals surface area contributed by atoms with Crippen LogP contribution in [-0.2, 0) is 0 Å². The molecule has 1 saturated heterocycles. The van der Waals surface area contributed by atoms with E-state index < -0.39 is 0 Å². The number of aromatic nitrogens is 2. The fraction of sp³-hybridized carbons (Fsp3) is 0.500. The Hall–Kier alpha value is -1.29. The Kier molecular flexibility index (Phi) is 3.35. The smallest absolute Gasteiger partial charge is 0.204 e. The lowest BCUT2D eigenvalue weighted by Crippen LogP contribution is -2.31. The van der Waals surface area contributed by atoms with E-state index in [-0.39, 0.29) is 11.2 Å². The molecule has 0 bridgehead atoms. The molecule has 2 unspecified atom stereocenters. The molecular formula is C14H17ClFN3. The van der Waals surface area contributed by atoms with E-state index in [0.29, 0.717) is 6.04 Å². The second kappa shape index (κ2) is 5.00. The first-order valence-electron chi connectivity index (χ1n) is 6.69. The highest BCUT2D eigenvalue weighted by atomic mass is 35.5. The van der Waals surface area contributed by atoms with E-state index in [0.717, 1.165) is 42.8 Å². The topological polar surface area (TPSA) is 31.9 Å². The van der Waals surface area contributed by atoms with Crippen LogP contribution in [0.2, 0.25) is 0 Å². The van der Waals surface area contributed by atoms with Crippen molar-refractivity contribution in [2.75, 3.05) is 11.4 Å². The van der Waals surface area contributed by atoms with Crippen LogP contribution >= 0.6 is 11.6 Å². The van der Waals surface area contributed by atoms with E-state index in [1.165, 1.54) is 12.1 Å². The lowest BCUT2D eigenvalue weighted by molar-refractivity contribution is 0.598. The molecule has 2 atom stereocenters. The summed E-state index contributed by atoms with van der Waals surface area (Å²) < 4.78 is 13.2. The standard InChI is InChI=1S/C14H17ClFN3/c1-9(15)7-11-3-2-6-19(11)14-17-12-5-4-10(16)8-13(12)18-14/h4-5,8-9,11H,2-3,6-7H2,1H3,(H,17,18). The van der Waals surface area contributed by atoms with Crippen LogP contribution in [0.15, 0.2) is 18.2 Å². The molecule has 1 aliphatic rings. The SMILES string of the molecule is CC(Cl)CC1CCCN1c1nc2ccc(F)cc2[nH]1. The number of aromatic amines is 1. The Morgan fingerprint density at radius 1 is 1.58 bits per heavy atom.